The number of aromatic nitrogens is 2. The summed E-state index contributed by atoms with van der Waals surface area (Å²) in [6.07, 6.45) is 1.64. The van der Waals surface area contributed by atoms with Gasteiger partial charge in [0.25, 0.3) is 5.91 Å². The number of benzene rings is 2. The summed E-state index contributed by atoms with van der Waals surface area (Å²) in [6, 6.07) is 13.0. The van der Waals surface area contributed by atoms with Gasteiger partial charge in [-0.3, -0.25) is 4.79 Å². The molecule has 1 heterocycles. The number of sulfonamides is 1. The van der Waals surface area contributed by atoms with Gasteiger partial charge in [-0.1, -0.05) is 19.9 Å². The third kappa shape index (κ3) is 5.35. The van der Waals surface area contributed by atoms with E-state index in [1.54, 1.807) is 70.3 Å². The summed E-state index contributed by atoms with van der Waals surface area (Å²) in [4.78, 5) is 24.8. The molecule has 1 aromatic heterocycles. The van der Waals surface area contributed by atoms with Gasteiger partial charge < -0.3 is 10.1 Å². The number of amides is 1. The first-order valence-corrected chi connectivity index (χ1v) is 12.4. The number of nitrogens with one attached hydrogen (secondary N) is 1. The van der Waals surface area contributed by atoms with E-state index in [1.807, 2.05) is 0 Å². The molecular formula is C24H28N4O5S. The maximum Gasteiger partial charge on any atom is 0.358 e. The quantitative estimate of drug-likeness (QED) is 0.464. The largest absolute Gasteiger partial charge is 0.461 e. The zero-order chi connectivity index (χ0) is 24.9. The van der Waals surface area contributed by atoms with Crippen LogP contribution in [0.1, 0.15) is 47.2 Å². The van der Waals surface area contributed by atoms with Crippen LogP contribution in [0.5, 0.6) is 0 Å². The van der Waals surface area contributed by atoms with E-state index in [1.165, 1.54) is 21.1 Å². The second-order valence-corrected chi connectivity index (χ2v) is 9.37. The Hall–Kier alpha value is -3.50. The number of carbonyl (C=O) groups excluding carboxylic acids is 2. The van der Waals surface area contributed by atoms with Crippen molar-refractivity contribution in [3.05, 3.63) is 71.5 Å². The van der Waals surface area contributed by atoms with Gasteiger partial charge >= 0.3 is 5.97 Å². The van der Waals surface area contributed by atoms with Crippen LogP contribution >= 0.6 is 0 Å². The van der Waals surface area contributed by atoms with Gasteiger partial charge in [-0.05, 0) is 61.9 Å². The molecule has 1 N–H and O–H groups in total. The van der Waals surface area contributed by atoms with E-state index in [9.17, 15) is 18.0 Å². The molecule has 0 saturated heterocycles. The number of hydrogen-bond donors (Lipinski definition) is 1. The molecule has 0 radical (unpaired) electrons. The highest BCUT2D eigenvalue weighted by molar-refractivity contribution is 7.89. The number of carbonyl (C=O) groups is 2. The molecule has 3 aromatic rings. The van der Waals surface area contributed by atoms with Gasteiger partial charge in [0, 0.05) is 30.5 Å². The van der Waals surface area contributed by atoms with Crippen LogP contribution in [0.3, 0.4) is 0 Å². The van der Waals surface area contributed by atoms with E-state index in [2.05, 4.69) is 10.4 Å². The average Bonchev–Trinajstić information content (AvgIpc) is 3.31. The van der Waals surface area contributed by atoms with Crippen LogP contribution in [0.15, 0.2) is 59.6 Å². The summed E-state index contributed by atoms with van der Waals surface area (Å²) in [5.41, 5.74) is 2.37. The first kappa shape index (κ1) is 25.1. The molecule has 1 amide bonds. The fourth-order valence-electron chi connectivity index (χ4n) is 3.40. The molecule has 0 aliphatic heterocycles. The topological polar surface area (TPSA) is 111 Å². The maximum atomic E-state index is 12.9. The maximum absolute atomic E-state index is 12.9. The smallest absolute Gasteiger partial charge is 0.358 e. The number of rotatable bonds is 9. The predicted molar refractivity (Wildman–Crippen MR) is 129 cm³/mol. The van der Waals surface area contributed by atoms with Crippen molar-refractivity contribution in [3.63, 3.8) is 0 Å². The molecule has 2 aromatic carbocycles. The summed E-state index contributed by atoms with van der Waals surface area (Å²) in [7, 11) is -3.68. The highest BCUT2D eigenvalue weighted by atomic mass is 32.2. The van der Waals surface area contributed by atoms with Gasteiger partial charge in [0.15, 0.2) is 5.69 Å². The molecule has 0 spiro atoms. The number of nitrogens with zero attached hydrogens (tertiary/aromatic N) is 3. The van der Waals surface area contributed by atoms with Crippen molar-refractivity contribution in [2.24, 2.45) is 0 Å². The molecule has 0 fully saturated rings. The number of esters is 1. The van der Waals surface area contributed by atoms with Crippen molar-refractivity contribution < 1.29 is 22.7 Å². The third-order valence-electron chi connectivity index (χ3n) is 5.26. The lowest BCUT2D eigenvalue weighted by Gasteiger charge is -2.19. The van der Waals surface area contributed by atoms with Crippen LogP contribution in [-0.4, -0.2) is 54.1 Å². The molecular weight excluding hydrogens is 456 g/mol. The lowest BCUT2D eigenvalue weighted by atomic mass is 10.1. The van der Waals surface area contributed by atoms with E-state index in [4.69, 9.17) is 4.74 Å². The Morgan fingerprint density at radius 3 is 2.32 bits per heavy atom. The molecule has 0 unspecified atom stereocenters. The minimum Gasteiger partial charge on any atom is -0.461 e. The van der Waals surface area contributed by atoms with E-state index >= 15 is 0 Å². The fourth-order valence-corrected chi connectivity index (χ4v) is 4.88. The Kier molecular flexibility index (Phi) is 7.85. The van der Waals surface area contributed by atoms with Crippen molar-refractivity contribution in [1.29, 1.82) is 0 Å². The normalized spacial score (nSPS) is 11.4. The number of hydrogen-bond acceptors (Lipinski definition) is 6. The zero-order valence-electron chi connectivity index (χ0n) is 19.6. The first-order valence-electron chi connectivity index (χ1n) is 11.0. The van der Waals surface area contributed by atoms with Crippen LogP contribution in [0.25, 0.3) is 5.69 Å². The van der Waals surface area contributed by atoms with Crippen molar-refractivity contribution in [2.75, 3.05) is 25.0 Å². The highest BCUT2D eigenvalue weighted by Gasteiger charge is 2.23. The van der Waals surface area contributed by atoms with Gasteiger partial charge in [0.05, 0.1) is 17.2 Å². The molecule has 34 heavy (non-hydrogen) atoms. The van der Waals surface area contributed by atoms with Crippen molar-refractivity contribution in [3.8, 4) is 5.69 Å². The molecule has 9 nitrogen and oxygen atoms in total. The van der Waals surface area contributed by atoms with Crippen molar-refractivity contribution in [1.82, 2.24) is 14.1 Å². The average molecular weight is 485 g/mol. The van der Waals surface area contributed by atoms with Gasteiger partial charge in [-0.25, -0.2) is 17.9 Å². The lowest BCUT2D eigenvalue weighted by Crippen LogP contribution is -2.30. The molecule has 0 aliphatic carbocycles. The van der Waals surface area contributed by atoms with Crippen LogP contribution in [-0.2, 0) is 14.8 Å². The molecule has 0 aliphatic rings. The Bertz CT molecular complexity index is 1280. The molecule has 0 saturated carbocycles. The molecule has 3 rings (SSSR count). The van der Waals surface area contributed by atoms with E-state index in [-0.39, 0.29) is 22.8 Å². The predicted octanol–water partition coefficient (Wildman–Crippen LogP) is 3.64. The standard InChI is InChI=1S/C24H28N4O5S/c1-5-27(6-2)34(31,32)20-13-8-17(4)21(16-20)23(29)25-18-9-11-19(12-10-18)28-15-14-22(26-28)24(30)33-7-3/h8-16H,5-7H2,1-4H3,(H,25,29). The Morgan fingerprint density at radius 1 is 1.03 bits per heavy atom. The third-order valence-corrected chi connectivity index (χ3v) is 7.31. The Labute approximate surface area is 199 Å². The van der Waals surface area contributed by atoms with Gasteiger partial charge in [0.2, 0.25) is 10.0 Å². The summed E-state index contributed by atoms with van der Waals surface area (Å²) in [5, 5.41) is 7.01. The van der Waals surface area contributed by atoms with Crippen molar-refractivity contribution >= 4 is 27.6 Å². The van der Waals surface area contributed by atoms with E-state index in [0.717, 1.165) is 0 Å². The second-order valence-electron chi connectivity index (χ2n) is 7.43. The van der Waals surface area contributed by atoms with Gasteiger partial charge in [-0.2, -0.15) is 9.40 Å². The summed E-state index contributed by atoms with van der Waals surface area (Å²) >= 11 is 0. The summed E-state index contributed by atoms with van der Waals surface area (Å²) < 4.78 is 33.5. The van der Waals surface area contributed by atoms with E-state index in [0.29, 0.717) is 30.0 Å². The van der Waals surface area contributed by atoms with Crippen LogP contribution < -0.4 is 5.32 Å². The van der Waals surface area contributed by atoms with Crippen molar-refractivity contribution in [2.45, 2.75) is 32.6 Å². The Morgan fingerprint density at radius 2 is 1.71 bits per heavy atom. The monoisotopic (exact) mass is 484 g/mol. The van der Waals surface area contributed by atoms with Gasteiger partial charge in [-0.15, -0.1) is 0 Å². The van der Waals surface area contributed by atoms with Gasteiger partial charge in [0.1, 0.15) is 0 Å². The van der Waals surface area contributed by atoms with Crippen LogP contribution in [0, 0.1) is 6.92 Å². The number of anilines is 1. The summed E-state index contributed by atoms with van der Waals surface area (Å²) in [6.45, 7) is 7.98. The minimum absolute atomic E-state index is 0.0818. The van der Waals surface area contributed by atoms with E-state index < -0.39 is 21.9 Å². The number of aryl methyl sites for hydroxylation is 1. The molecule has 0 atom stereocenters. The molecule has 10 heteroatoms. The van der Waals surface area contributed by atoms with Crippen LogP contribution in [0.4, 0.5) is 5.69 Å². The first-order chi connectivity index (χ1) is 16.2. The fraction of sp³-hybridized carbons (Fsp3) is 0.292. The zero-order valence-corrected chi connectivity index (χ0v) is 20.4. The second kappa shape index (κ2) is 10.6. The Balaban J connectivity index is 1.78. The summed E-state index contributed by atoms with van der Waals surface area (Å²) in [5.74, 6) is -0.906. The number of ether oxygens (including phenoxy) is 1. The minimum atomic E-state index is -3.68. The molecule has 0 bridgehead atoms. The lowest BCUT2D eigenvalue weighted by molar-refractivity contribution is 0.0518. The van der Waals surface area contributed by atoms with Crippen LogP contribution in [0.2, 0.25) is 0 Å². The highest BCUT2D eigenvalue weighted by Crippen LogP contribution is 2.21. The SMILES string of the molecule is CCOC(=O)c1ccn(-c2ccc(NC(=O)c3cc(S(=O)(=O)N(CC)CC)ccc3C)cc2)n1. The molecule has 180 valence electrons.